The molecule has 1 N–H and O–H groups in total. The average molecular weight is 511 g/mol. The number of ether oxygens (including phenoxy) is 1. The summed E-state index contributed by atoms with van der Waals surface area (Å²) in [6.45, 7) is 4.26. The van der Waals surface area contributed by atoms with Gasteiger partial charge in [-0.2, -0.15) is 5.10 Å². The van der Waals surface area contributed by atoms with Crippen molar-refractivity contribution in [2.75, 3.05) is 5.32 Å². The fourth-order valence-electron chi connectivity index (χ4n) is 3.21. The average Bonchev–Trinajstić information content (AvgIpc) is 3.07. The van der Waals surface area contributed by atoms with E-state index in [0.717, 1.165) is 27.1 Å². The van der Waals surface area contributed by atoms with Crippen molar-refractivity contribution in [3.63, 3.8) is 0 Å². The SMILES string of the molecule is Cc1nn(-c2ccc(NC(=O)c3ccc(OCc4ccc(Br)cc4)cc3)cc2)c(C)c1Cl. The van der Waals surface area contributed by atoms with Gasteiger partial charge in [0.05, 0.1) is 22.1 Å². The molecule has 7 heteroatoms. The fraction of sp³-hybridized carbons (Fsp3) is 0.120. The molecule has 0 aliphatic rings. The van der Waals surface area contributed by atoms with Crippen LogP contribution in [-0.4, -0.2) is 15.7 Å². The third kappa shape index (κ3) is 5.03. The van der Waals surface area contributed by atoms with Crippen molar-refractivity contribution in [2.45, 2.75) is 20.5 Å². The Kier molecular flexibility index (Phi) is 6.63. The molecule has 1 amide bonds. The third-order valence-electron chi connectivity index (χ3n) is 5.01. The molecule has 0 saturated carbocycles. The molecular formula is C25H21BrClN3O2. The van der Waals surface area contributed by atoms with E-state index < -0.39 is 0 Å². The second-order valence-electron chi connectivity index (χ2n) is 7.34. The lowest BCUT2D eigenvalue weighted by atomic mass is 10.2. The molecule has 1 heterocycles. The number of nitrogens with zero attached hydrogens (tertiary/aromatic N) is 2. The Balaban J connectivity index is 1.37. The summed E-state index contributed by atoms with van der Waals surface area (Å²) in [7, 11) is 0. The highest BCUT2D eigenvalue weighted by Gasteiger charge is 2.11. The van der Waals surface area contributed by atoms with Crippen LogP contribution >= 0.6 is 27.5 Å². The van der Waals surface area contributed by atoms with E-state index >= 15 is 0 Å². The van der Waals surface area contributed by atoms with Gasteiger partial charge >= 0.3 is 0 Å². The van der Waals surface area contributed by atoms with E-state index in [1.807, 2.05) is 62.4 Å². The van der Waals surface area contributed by atoms with Crippen LogP contribution in [0.1, 0.15) is 27.3 Å². The van der Waals surface area contributed by atoms with Crippen LogP contribution in [0, 0.1) is 13.8 Å². The lowest BCUT2D eigenvalue weighted by Gasteiger charge is -2.09. The number of amides is 1. The van der Waals surface area contributed by atoms with Crippen molar-refractivity contribution in [2.24, 2.45) is 0 Å². The minimum Gasteiger partial charge on any atom is -0.489 e. The van der Waals surface area contributed by atoms with Gasteiger partial charge in [0.25, 0.3) is 5.91 Å². The summed E-state index contributed by atoms with van der Waals surface area (Å²) in [5.74, 6) is 0.517. The largest absolute Gasteiger partial charge is 0.489 e. The molecular weight excluding hydrogens is 490 g/mol. The Hall–Kier alpha value is -3.09. The minimum atomic E-state index is -0.189. The molecule has 162 valence electrons. The molecule has 0 saturated heterocycles. The van der Waals surface area contributed by atoms with Crippen molar-refractivity contribution in [1.82, 2.24) is 9.78 Å². The molecule has 4 rings (SSSR count). The first kappa shape index (κ1) is 22.1. The van der Waals surface area contributed by atoms with Crippen LogP contribution in [0.5, 0.6) is 5.75 Å². The second kappa shape index (κ2) is 9.59. The maximum absolute atomic E-state index is 12.6. The molecule has 32 heavy (non-hydrogen) atoms. The van der Waals surface area contributed by atoms with Crippen molar-refractivity contribution in [3.05, 3.63) is 105 Å². The van der Waals surface area contributed by atoms with E-state index in [-0.39, 0.29) is 5.91 Å². The first-order valence-electron chi connectivity index (χ1n) is 10.0. The number of rotatable bonds is 6. The van der Waals surface area contributed by atoms with Gasteiger partial charge in [-0.25, -0.2) is 4.68 Å². The van der Waals surface area contributed by atoms with E-state index in [1.54, 1.807) is 28.9 Å². The normalized spacial score (nSPS) is 10.8. The quantitative estimate of drug-likeness (QED) is 0.313. The summed E-state index contributed by atoms with van der Waals surface area (Å²) in [5.41, 5.74) is 4.86. The summed E-state index contributed by atoms with van der Waals surface area (Å²) in [5, 5.41) is 8.02. The molecule has 4 aromatic rings. The number of anilines is 1. The zero-order chi connectivity index (χ0) is 22.7. The number of halogens is 2. The highest BCUT2D eigenvalue weighted by Crippen LogP contribution is 2.23. The molecule has 1 aromatic heterocycles. The molecule has 3 aromatic carbocycles. The highest BCUT2D eigenvalue weighted by molar-refractivity contribution is 9.10. The van der Waals surface area contributed by atoms with Crippen LogP contribution in [0.4, 0.5) is 5.69 Å². The van der Waals surface area contributed by atoms with Crippen LogP contribution in [-0.2, 0) is 6.61 Å². The topological polar surface area (TPSA) is 56.2 Å². The number of carbonyl (C=O) groups is 1. The standard InChI is InChI=1S/C25H21BrClN3O2/c1-16-24(27)17(2)30(29-16)22-11-9-21(10-12-22)28-25(31)19-5-13-23(14-6-19)32-15-18-3-7-20(26)8-4-18/h3-14H,15H2,1-2H3,(H,28,31). The molecule has 0 radical (unpaired) electrons. The maximum Gasteiger partial charge on any atom is 0.255 e. The Labute approximate surface area is 200 Å². The summed E-state index contributed by atoms with van der Waals surface area (Å²) in [6.07, 6.45) is 0. The highest BCUT2D eigenvalue weighted by atomic mass is 79.9. The number of hydrogen-bond donors (Lipinski definition) is 1. The van der Waals surface area contributed by atoms with Crippen LogP contribution in [0.2, 0.25) is 5.02 Å². The van der Waals surface area contributed by atoms with E-state index in [4.69, 9.17) is 16.3 Å². The van der Waals surface area contributed by atoms with Gasteiger partial charge in [-0.3, -0.25) is 4.79 Å². The van der Waals surface area contributed by atoms with Gasteiger partial charge in [0.2, 0.25) is 0 Å². The second-order valence-corrected chi connectivity index (χ2v) is 8.63. The summed E-state index contributed by atoms with van der Waals surface area (Å²) in [4.78, 5) is 12.6. The van der Waals surface area contributed by atoms with Gasteiger partial charge in [-0.1, -0.05) is 39.7 Å². The van der Waals surface area contributed by atoms with E-state index in [2.05, 4.69) is 26.3 Å². The number of carbonyl (C=O) groups excluding carboxylic acids is 1. The van der Waals surface area contributed by atoms with Crippen LogP contribution in [0.3, 0.4) is 0 Å². The van der Waals surface area contributed by atoms with Crippen molar-refractivity contribution in [1.29, 1.82) is 0 Å². The third-order valence-corrected chi connectivity index (χ3v) is 6.08. The number of aryl methyl sites for hydroxylation is 1. The van der Waals surface area contributed by atoms with Crippen molar-refractivity contribution in [3.8, 4) is 11.4 Å². The molecule has 0 bridgehead atoms. The van der Waals surface area contributed by atoms with Crippen LogP contribution < -0.4 is 10.1 Å². The Morgan fingerprint density at radius 2 is 1.66 bits per heavy atom. The van der Waals surface area contributed by atoms with Crippen LogP contribution in [0.25, 0.3) is 5.69 Å². The number of hydrogen-bond acceptors (Lipinski definition) is 3. The smallest absolute Gasteiger partial charge is 0.255 e. The molecule has 0 spiro atoms. The van der Waals surface area contributed by atoms with Gasteiger partial charge in [0.1, 0.15) is 12.4 Å². The molecule has 0 aliphatic heterocycles. The predicted molar refractivity (Wildman–Crippen MR) is 131 cm³/mol. The predicted octanol–water partition coefficient (Wildman–Crippen LogP) is 6.74. The molecule has 5 nitrogen and oxygen atoms in total. The molecule has 0 aliphatic carbocycles. The Morgan fingerprint density at radius 3 is 2.25 bits per heavy atom. The van der Waals surface area contributed by atoms with Crippen molar-refractivity contribution < 1.29 is 9.53 Å². The first-order valence-corrected chi connectivity index (χ1v) is 11.2. The Bertz CT molecular complexity index is 1230. The van der Waals surface area contributed by atoms with Crippen LogP contribution in [0.15, 0.2) is 77.3 Å². The molecule has 0 atom stereocenters. The minimum absolute atomic E-state index is 0.189. The van der Waals surface area contributed by atoms with Gasteiger partial charge in [0.15, 0.2) is 0 Å². The van der Waals surface area contributed by atoms with Gasteiger partial charge in [-0.15, -0.1) is 0 Å². The monoisotopic (exact) mass is 509 g/mol. The summed E-state index contributed by atoms with van der Waals surface area (Å²) < 4.78 is 8.61. The summed E-state index contributed by atoms with van der Waals surface area (Å²) in [6, 6.07) is 22.5. The summed E-state index contributed by atoms with van der Waals surface area (Å²) >= 11 is 9.65. The fourth-order valence-corrected chi connectivity index (χ4v) is 3.60. The van der Waals surface area contributed by atoms with Gasteiger partial charge < -0.3 is 10.1 Å². The first-order chi connectivity index (χ1) is 15.4. The van der Waals surface area contributed by atoms with Gasteiger partial charge in [-0.05, 0) is 80.1 Å². The Morgan fingerprint density at radius 1 is 1.00 bits per heavy atom. The molecule has 0 fully saturated rings. The van der Waals surface area contributed by atoms with E-state index in [1.165, 1.54) is 0 Å². The van der Waals surface area contributed by atoms with Gasteiger partial charge in [0, 0.05) is 15.7 Å². The maximum atomic E-state index is 12.6. The lowest BCUT2D eigenvalue weighted by molar-refractivity contribution is 0.102. The number of aromatic nitrogens is 2. The lowest BCUT2D eigenvalue weighted by Crippen LogP contribution is -2.12. The van der Waals surface area contributed by atoms with E-state index in [0.29, 0.717) is 28.6 Å². The zero-order valence-electron chi connectivity index (χ0n) is 17.6. The zero-order valence-corrected chi connectivity index (χ0v) is 19.9. The van der Waals surface area contributed by atoms with E-state index in [9.17, 15) is 4.79 Å². The number of nitrogens with one attached hydrogen (secondary N) is 1. The number of benzene rings is 3. The molecule has 0 unspecified atom stereocenters. The van der Waals surface area contributed by atoms with Crippen molar-refractivity contribution >= 4 is 39.1 Å².